The zero-order valence-corrected chi connectivity index (χ0v) is 11.6. The molecule has 1 aliphatic carbocycles. The third kappa shape index (κ3) is 2.66. The van der Waals surface area contributed by atoms with Crippen molar-refractivity contribution < 1.29 is 4.79 Å². The van der Waals surface area contributed by atoms with Gasteiger partial charge in [-0.1, -0.05) is 57.4 Å². The first-order valence-corrected chi connectivity index (χ1v) is 7.40. The number of Topliss-reactive ketones (excluding diaryl/α,β-unsaturated/α-hetero) is 1. The fourth-order valence-corrected chi connectivity index (χ4v) is 3.31. The summed E-state index contributed by atoms with van der Waals surface area (Å²) in [7, 11) is 0. The molecule has 0 heterocycles. The van der Waals surface area contributed by atoms with Gasteiger partial charge in [0.05, 0.1) is 0 Å². The van der Waals surface area contributed by atoms with Crippen molar-refractivity contribution in [3.8, 4) is 0 Å². The van der Waals surface area contributed by atoms with Crippen LogP contribution in [0.1, 0.15) is 61.9 Å². The molecular weight excluding hydrogens is 220 g/mol. The van der Waals surface area contributed by atoms with E-state index in [1.807, 2.05) is 18.2 Å². The Morgan fingerprint density at radius 3 is 2.61 bits per heavy atom. The average molecular weight is 244 g/mol. The summed E-state index contributed by atoms with van der Waals surface area (Å²) in [4.78, 5) is 12.7. The molecule has 0 amide bonds. The van der Waals surface area contributed by atoms with Crippen LogP contribution in [-0.2, 0) is 6.42 Å². The normalized spacial score (nSPS) is 23.9. The lowest BCUT2D eigenvalue weighted by Gasteiger charge is -2.30. The fraction of sp³-hybridized carbons (Fsp3) is 0.588. The summed E-state index contributed by atoms with van der Waals surface area (Å²) in [5, 5.41) is 0. The molecule has 1 aromatic rings. The highest BCUT2D eigenvalue weighted by molar-refractivity contribution is 5.99. The van der Waals surface area contributed by atoms with Gasteiger partial charge >= 0.3 is 0 Å². The fourth-order valence-electron chi connectivity index (χ4n) is 3.31. The number of carbonyl (C=O) groups is 1. The molecule has 2 unspecified atom stereocenters. The Hall–Kier alpha value is -1.11. The maximum atomic E-state index is 12.7. The Labute approximate surface area is 111 Å². The predicted molar refractivity (Wildman–Crippen MR) is 75.9 cm³/mol. The van der Waals surface area contributed by atoms with Gasteiger partial charge in [-0.15, -0.1) is 0 Å². The molecular formula is C17H24O. The highest BCUT2D eigenvalue weighted by Crippen LogP contribution is 2.35. The van der Waals surface area contributed by atoms with Crippen molar-refractivity contribution >= 4 is 5.78 Å². The van der Waals surface area contributed by atoms with Crippen LogP contribution < -0.4 is 0 Å². The van der Waals surface area contributed by atoms with Gasteiger partial charge in [-0.25, -0.2) is 0 Å². The maximum absolute atomic E-state index is 12.7. The van der Waals surface area contributed by atoms with Crippen LogP contribution in [0.25, 0.3) is 0 Å². The van der Waals surface area contributed by atoms with E-state index in [1.165, 1.54) is 24.8 Å². The minimum absolute atomic E-state index is 0.274. The van der Waals surface area contributed by atoms with E-state index in [9.17, 15) is 4.79 Å². The molecule has 0 bridgehead atoms. The molecule has 98 valence electrons. The van der Waals surface area contributed by atoms with Crippen LogP contribution in [0.15, 0.2) is 24.3 Å². The van der Waals surface area contributed by atoms with Gasteiger partial charge in [-0.2, -0.15) is 0 Å². The zero-order chi connectivity index (χ0) is 13.0. The lowest BCUT2D eigenvalue weighted by atomic mass is 9.74. The van der Waals surface area contributed by atoms with Crippen LogP contribution in [0.2, 0.25) is 0 Å². The van der Waals surface area contributed by atoms with Crippen molar-refractivity contribution in [3.63, 3.8) is 0 Å². The molecule has 1 fully saturated rings. The topological polar surface area (TPSA) is 17.1 Å². The number of hydrogen-bond acceptors (Lipinski definition) is 1. The lowest BCUT2D eigenvalue weighted by molar-refractivity contribution is 0.0819. The van der Waals surface area contributed by atoms with Crippen molar-refractivity contribution in [2.24, 2.45) is 11.8 Å². The predicted octanol–water partition coefficient (Wildman–Crippen LogP) is 4.65. The SMILES string of the molecule is CCc1ccccc1C(=O)C1CCCCC1CC. The maximum Gasteiger partial charge on any atom is 0.166 e. The molecule has 0 N–H and O–H groups in total. The second-order valence-electron chi connectivity index (χ2n) is 5.43. The number of hydrogen-bond donors (Lipinski definition) is 0. The van der Waals surface area contributed by atoms with Gasteiger partial charge in [0.25, 0.3) is 0 Å². The van der Waals surface area contributed by atoms with Crippen molar-refractivity contribution in [1.29, 1.82) is 0 Å². The van der Waals surface area contributed by atoms with E-state index in [2.05, 4.69) is 19.9 Å². The van der Waals surface area contributed by atoms with Gasteiger partial charge < -0.3 is 0 Å². The number of benzene rings is 1. The minimum Gasteiger partial charge on any atom is -0.294 e. The van der Waals surface area contributed by atoms with E-state index in [4.69, 9.17) is 0 Å². The molecule has 2 atom stereocenters. The van der Waals surface area contributed by atoms with E-state index in [0.717, 1.165) is 24.8 Å². The first-order chi connectivity index (χ1) is 8.77. The molecule has 1 heteroatoms. The Morgan fingerprint density at radius 2 is 1.89 bits per heavy atom. The van der Waals surface area contributed by atoms with E-state index in [-0.39, 0.29) is 5.92 Å². The Morgan fingerprint density at radius 1 is 1.17 bits per heavy atom. The number of rotatable bonds is 4. The van der Waals surface area contributed by atoms with Crippen molar-refractivity contribution in [1.82, 2.24) is 0 Å². The lowest BCUT2D eigenvalue weighted by Crippen LogP contribution is -2.27. The molecule has 0 spiro atoms. The molecule has 0 saturated heterocycles. The molecule has 18 heavy (non-hydrogen) atoms. The number of ketones is 1. The number of aryl methyl sites for hydroxylation is 1. The zero-order valence-electron chi connectivity index (χ0n) is 11.6. The van der Waals surface area contributed by atoms with Crippen LogP contribution >= 0.6 is 0 Å². The van der Waals surface area contributed by atoms with Crippen LogP contribution in [0.4, 0.5) is 0 Å². The summed E-state index contributed by atoms with van der Waals surface area (Å²) in [6, 6.07) is 8.14. The molecule has 1 aromatic carbocycles. The largest absolute Gasteiger partial charge is 0.294 e. The second-order valence-corrected chi connectivity index (χ2v) is 5.43. The summed E-state index contributed by atoms with van der Waals surface area (Å²) >= 11 is 0. The molecule has 0 aromatic heterocycles. The van der Waals surface area contributed by atoms with Crippen LogP contribution in [0, 0.1) is 11.8 Å². The highest BCUT2D eigenvalue weighted by Gasteiger charge is 2.30. The third-order valence-corrected chi connectivity index (χ3v) is 4.43. The van der Waals surface area contributed by atoms with E-state index >= 15 is 0 Å². The molecule has 0 radical (unpaired) electrons. The van der Waals surface area contributed by atoms with Gasteiger partial charge in [0.15, 0.2) is 5.78 Å². The molecule has 1 saturated carbocycles. The van der Waals surface area contributed by atoms with E-state index in [0.29, 0.717) is 11.7 Å². The van der Waals surface area contributed by atoms with Crippen molar-refractivity contribution in [3.05, 3.63) is 35.4 Å². The Kier molecular flexibility index (Phi) is 4.57. The quantitative estimate of drug-likeness (QED) is 0.705. The number of carbonyl (C=O) groups excluding carboxylic acids is 1. The van der Waals surface area contributed by atoms with Crippen molar-refractivity contribution in [2.45, 2.75) is 52.4 Å². The summed E-state index contributed by atoms with van der Waals surface area (Å²) in [6.45, 7) is 4.35. The minimum atomic E-state index is 0.274. The van der Waals surface area contributed by atoms with Crippen LogP contribution in [-0.4, -0.2) is 5.78 Å². The van der Waals surface area contributed by atoms with Gasteiger partial charge in [-0.3, -0.25) is 4.79 Å². The summed E-state index contributed by atoms with van der Waals surface area (Å²) < 4.78 is 0. The van der Waals surface area contributed by atoms with Crippen LogP contribution in [0.3, 0.4) is 0 Å². The second kappa shape index (κ2) is 6.17. The average Bonchev–Trinajstić information content (AvgIpc) is 2.46. The van der Waals surface area contributed by atoms with E-state index in [1.54, 1.807) is 0 Å². The molecule has 2 rings (SSSR count). The first kappa shape index (κ1) is 13.3. The Balaban J connectivity index is 2.24. The van der Waals surface area contributed by atoms with Gasteiger partial charge in [0.1, 0.15) is 0 Å². The van der Waals surface area contributed by atoms with Gasteiger partial charge in [0, 0.05) is 11.5 Å². The van der Waals surface area contributed by atoms with E-state index < -0.39 is 0 Å². The monoisotopic (exact) mass is 244 g/mol. The van der Waals surface area contributed by atoms with Crippen LogP contribution in [0.5, 0.6) is 0 Å². The van der Waals surface area contributed by atoms with Gasteiger partial charge in [-0.05, 0) is 30.7 Å². The third-order valence-electron chi connectivity index (χ3n) is 4.43. The molecule has 0 aliphatic heterocycles. The summed E-state index contributed by atoms with van der Waals surface area (Å²) in [5.74, 6) is 1.28. The standard InChI is InChI=1S/C17H24O/c1-3-13-9-5-7-11-15(13)17(18)16-12-8-6-10-14(16)4-2/h5,7,9,11,14,16H,3-4,6,8,10,12H2,1-2H3. The summed E-state index contributed by atoms with van der Waals surface area (Å²) in [5.41, 5.74) is 2.19. The first-order valence-electron chi connectivity index (χ1n) is 7.40. The molecule has 1 aliphatic rings. The molecule has 1 nitrogen and oxygen atoms in total. The summed E-state index contributed by atoms with van der Waals surface area (Å²) in [6.07, 6.45) is 6.95. The van der Waals surface area contributed by atoms with Crippen molar-refractivity contribution in [2.75, 3.05) is 0 Å². The Bertz CT molecular complexity index is 408. The van der Waals surface area contributed by atoms with Gasteiger partial charge in [0.2, 0.25) is 0 Å². The highest BCUT2D eigenvalue weighted by atomic mass is 16.1. The smallest absolute Gasteiger partial charge is 0.166 e.